The first-order chi connectivity index (χ1) is 16.6. The first-order valence-electron chi connectivity index (χ1n) is 12.3. The summed E-state index contributed by atoms with van der Waals surface area (Å²) in [6, 6.07) is 11.1. The van der Waals surface area contributed by atoms with Crippen molar-refractivity contribution in [1.82, 2.24) is 10.2 Å². The van der Waals surface area contributed by atoms with Gasteiger partial charge in [0.15, 0.2) is 11.5 Å². The first kappa shape index (κ1) is 28.1. The zero-order chi connectivity index (χ0) is 26.0. The molecule has 6 nitrogen and oxygen atoms in total. The van der Waals surface area contributed by atoms with Gasteiger partial charge in [0.05, 0.1) is 13.2 Å². The lowest BCUT2D eigenvalue weighted by molar-refractivity contribution is -0.142. The molecule has 2 rings (SSSR count). The second-order valence-corrected chi connectivity index (χ2v) is 9.46. The van der Waals surface area contributed by atoms with E-state index >= 15 is 0 Å². The minimum absolute atomic E-state index is 0.142. The standard InChI is InChI=1S/C28H39FN2O4/c1-7-23(27(33)30-28(4,5)6)31(19-21-10-14-22(29)15-11-21)26(32)17-13-20-12-16-24(34-8-2)25(18-20)35-9-3/h10-12,14-16,18,23H,7-9,13,17,19H2,1-6H3,(H,30,33)/t23-/m0/s1. The van der Waals surface area contributed by atoms with E-state index in [1.165, 1.54) is 12.1 Å². The molecule has 0 aliphatic heterocycles. The summed E-state index contributed by atoms with van der Waals surface area (Å²) in [5.41, 5.74) is 1.29. The molecule has 0 heterocycles. The number of halogens is 1. The normalized spacial score (nSPS) is 12.1. The Labute approximate surface area is 208 Å². The second kappa shape index (κ2) is 13.1. The molecule has 0 spiro atoms. The predicted molar refractivity (Wildman–Crippen MR) is 136 cm³/mol. The molecule has 2 aromatic carbocycles. The van der Waals surface area contributed by atoms with E-state index < -0.39 is 11.6 Å². The summed E-state index contributed by atoms with van der Waals surface area (Å²) in [5.74, 6) is 0.641. The molecular formula is C28H39FN2O4. The quantitative estimate of drug-likeness (QED) is 0.443. The summed E-state index contributed by atoms with van der Waals surface area (Å²) in [4.78, 5) is 28.1. The second-order valence-electron chi connectivity index (χ2n) is 9.46. The van der Waals surface area contributed by atoms with Gasteiger partial charge in [-0.1, -0.05) is 25.1 Å². The molecule has 192 valence electrons. The highest BCUT2D eigenvalue weighted by Crippen LogP contribution is 2.29. The Bertz CT molecular complexity index is 970. The van der Waals surface area contributed by atoms with Crippen molar-refractivity contribution in [2.75, 3.05) is 13.2 Å². The average Bonchev–Trinajstić information content (AvgIpc) is 2.79. The number of carbonyl (C=O) groups excluding carboxylic acids is 2. The topological polar surface area (TPSA) is 67.9 Å². The van der Waals surface area contributed by atoms with E-state index in [4.69, 9.17) is 9.47 Å². The van der Waals surface area contributed by atoms with E-state index in [1.807, 2.05) is 59.7 Å². The van der Waals surface area contributed by atoms with Crippen LogP contribution in [-0.4, -0.2) is 41.5 Å². The van der Waals surface area contributed by atoms with Gasteiger partial charge < -0.3 is 19.7 Å². The van der Waals surface area contributed by atoms with Crippen LogP contribution in [0.3, 0.4) is 0 Å². The van der Waals surface area contributed by atoms with Gasteiger partial charge in [-0.3, -0.25) is 9.59 Å². The molecule has 7 heteroatoms. The van der Waals surface area contributed by atoms with Gasteiger partial charge in [-0.25, -0.2) is 4.39 Å². The maximum Gasteiger partial charge on any atom is 0.243 e. The maximum absolute atomic E-state index is 13.5. The number of hydrogen-bond acceptors (Lipinski definition) is 4. The van der Waals surface area contributed by atoms with E-state index in [0.29, 0.717) is 37.6 Å². The summed E-state index contributed by atoms with van der Waals surface area (Å²) in [5, 5.41) is 2.99. The highest BCUT2D eigenvalue weighted by Gasteiger charge is 2.30. The van der Waals surface area contributed by atoms with Crippen LogP contribution < -0.4 is 14.8 Å². The zero-order valence-corrected chi connectivity index (χ0v) is 21.8. The van der Waals surface area contributed by atoms with E-state index in [1.54, 1.807) is 17.0 Å². The molecular weight excluding hydrogens is 447 g/mol. The molecule has 0 unspecified atom stereocenters. The van der Waals surface area contributed by atoms with Crippen molar-refractivity contribution >= 4 is 11.8 Å². The van der Waals surface area contributed by atoms with Gasteiger partial charge in [0.25, 0.3) is 0 Å². The lowest BCUT2D eigenvalue weighted by Gasteiger charge is -2.33. The Morgan fingerprint density at radius 2 is 1.54 bits per heavy atom. The van der Waals surface area contributed by atoms with Crippen LogP contribution in [0.1, 0.15) is 65.5 Å². The molecule has 1 atom stereocenters. The van der Waals surface area contributed by atoms with Crippen LogP contribution in [0.25, 0.3) is 0 Å². The number of hydrogen-bond donors (Lipinski definition) is 1. The summed E-state index contributed by atoms with van der Waals surface area (Å²) in [6.45, 7) is 12.7. The van der Waals surface area contributed by atoms with Crippen LogP contribution in [0.4, 0.5) is 4.39 Å². The van der Waals surface area contributed by atoms with Crippen LogP contribution in [0.15, 0.2) is 42.5 Å². The number of aryl methyl sites for hydroxylation is 1. The Morgan fingerprint density at radius 3 is 2.11 bits per heavy atom. The average molecular weight is 487 g/mol. The molecule has 0 fully saturated rings. The minimum Gasteiger partial charge on any atom is -0.490 e. The number of nitrogens with zero attached hydrogens (tertiary/aromatic N) is 1. The third-order valence-corrected chi connectivity index (χ3v) is 5.39. The van der Waals surface area contributed by atoms with Crippen molar-refractivity contribution in [1.29, 1.82) is 0 Å². The van der Waals surface area contributed by atoms with Gasteiger partial charge in [0, 0.05) is 18.5 Å². The van der Waals surface area contributed by atoms with Crippen molar-refractivity contribution in [3.63, 3.8) is 0 Å². The monoisotopic (exact) mass is 486 g/mol. The van der Waals surface area contributed by atoms with Gasteiger partial charge in [-0.15, -0.1) is 0 Å². The molecule has 0 bridgehead atoms. The molecule has 2 aromatic rings. The molecule has 0 saturated heterocycles. The van der Waals surface area contributed by atoms with Gasteiger partial charge in [0.2, 0.25) is 11.8 Å². The summed E-state index contributed by atoms with van der Waals surface area (Å²) in [6.07, 6.45) is 1.18. The first-order valence-corrected chi connectivity index (χ1v) is 12.3. The van der Waals surface area contributed by atoms with Crippen LogP contribution >= 0.6 is 0 Å². The van der Waals surface area contributed by atoms with Gasteiger partial charge in [0.1, 0.15) is 11.9 Å². The molecule has 0 aliphatic carbocycles. The van der Waals surface area contributed by atoms with Crippen molar-refractivity contribution in [2.45, 2.75) is 78.9 Å². The fraction of sp³-hybridized carbons (Fsp3) is 0.500. The van der Waals surface area contributed by atoms with Crippen LogP contribution in [0.2, 0.25) is 0 Å². The Hall–Kier alpha value is -3.09. The van der Waals surface area contributed by atoms with Crippen molar-refractivity contribution < 1.29 is 23.5 Å². The van der Waals surface area contributed by atoms with E-state index in [9.17, 15) is 14.0 Å². The number of amides is 2. The van der Waals surface area contributed by atoms with Crippen LogP contribution in [0.5, 0.6) is 11.5 Å². The fourth-order valence-electron chi connectivity index (χ4n) is 3.80. The predicted octanol–water partition coefficient (Wildman–Crippen LogP) is 5.28. The van der Waals surface area contributed by atoms with Crippen molar-refractivity contribution in [3.05, 3.63) is 59.4 Å². The zero-order valence-electron chi connectivity index (χ0n) is 21.8. The summed E-state index contributed by atoms with van der Waals surface area (Å²) in [7, 11) is 0. The molecule has 0 saturated carbocycles. The number of carbonyl (C=O) groups is 2. The Morgan fingerprint density at radius 1 is 0.943 bits per heavy atom. The minimum atomic E-state index is -0.633. The third-order valence-electron chi connectivity index (χ3n) is 5.39. The fourth-order valence-corrected chi connectivity index (χ4v) is 3.80. The highest BCUT2D eigenvalue weighted by atomic mass is 19.1. The largest absolute Gasteiger partial charge is 0.490 e. The number of nitrogens with one attached hydrogen (secondary N) is 1. The van der Waals surface area contributed by atoms with E-state index in [-0.39, 0.29) is 30.6 Å². The van der Waals surface area contributed by atoms with Gasteiger partial charge in [-0.2, -0.15) is 0 Å². The Balaban J connectivity index is 2.24. The Kier molecular flexibility index (Phi) is 10.6. The molecule has 2 amide bonds. The van der Waals surface area contributed by atoms with Crippen molar-refractivity contribution in [3.8, 4) is 11.5 Å². The number of rotatable bonds is 12. The van der Waals surface area contributed by atoms with E-state index in [2.05, 4.69) is 5.32 Å². The molecule has 1 N–H and O–H groups in total. The summed E-state index contributed by atoms with van der Waals surface area (Å²) < 4.78 is 24.8. The molecule has 0 aromatic heterocycles. The SMILES string of the molecule is CCOc1ccc(CCC(=O)N(Cc2ccc(F)cc2)[C@@H](CC)C(=O)NC(C)(C)C)cc1OCC. The molecule has 0 radical (unpaired) electrons. The van der Waals surface area contributed by atoms with Gasteiger partial charge in [-0.05, 0) is 82.9 Å². The van der Waals surface area contributed by atoms with E-state index in [0.717, 1.165) is 11.1 Å². The summed E-state index contributed by atoms with van der Waals surface area (Å²) >= 11 is 0. The van der Waals surface area contributed by atoms with Crippen LogP contribution in [0, 0.1) is 5.82 Å². The lowest BCUT2D eigenvalue weighted by Crippen LogP contribution is -2.53. The smallest absolute Gasteiger partial charge is 0.243 e. The molecule has 35 heavy (non-hydrogen) atoms. The van der Waals surface area contributed by atoms with Crippen molar-refractivity contribution in [2.24, 2.45) is 0 Å². The number of ether oxygens (including phenoxy) is 2. The lowest BCUT2D eigenvalue weighted by atomic mass is 10.0. The van der Waals surface area contributed by atoms with Gasteiger partial charge >= 0.3 is 0 Å². The van der Waals surface area contributed by atoms with Crippen LogP contribution in [-0.2, 0) is 22.6 Å². The number of benzene rings is 2. The molecule has 0 aliphatic rings. The third kappa shape index (κ3) is 8.89. The highest BCUT2D eigenvalue weighted by molar-refractivity contribution is 5.88. The maximum atomic E-state index is 13.5.